The Morgan fingerprint density at radius 1 is 1.10 bits per heavy atom. The first-order valence-electron chi connectivity index (χ1n) is 9.99. The molecule has 160 valence electrons. The van der Waals surface area contributed by atoms with E-state index in [1.54, 1.807) is 33.5 Å². The molecule has 2 amide bonds. The van der Waals surface area contributed by atoms with Crippen LogP contribution in [0.1, 0.15) is 43.0 Å². The van der Waals surface area contributed by atoms with Crippen molar-refractivity contribution < 1.29 is 22.7 Å². The van der Waals surface area contributed by atoms with E-state index < -0.39 is 10.0 Å². The monoisotopic (exact) mass is 423 g/mol. The average molecular weight is 424 g/mol. The van der Waals surface area contributed by atoms with Gasteiger partial charge in [-0.3, -0.25) is 9.59 Å². The lowest BCUT2D eigenvalue weighted by atomic mass is 10.0. The minimum absolute atomic E-state index is 0.0734. The first-order valence-corrected chi connectivity index (χ1v) is 11.8. The van der Waals surface area contributed by atoms with E-state index >= 15 is 0 Å². The van der Waals surface area contributed by atoms with E-state index in [1.165, 1.54) is 13.2 Å². The minimum atomic E-state index is -3.40. The summed E-state index contributed by atoms with van der Waals surface area (Å²) in [5.41, 5.74) is 1.16. The van der Waals surface area contributed by atoms with Crippen LogP contribution < -0.4 is 5.32 Å². The molecule has 1 aromatic rings. The molecule has 1 N–H and O–H groups in total. The highest BCUT2D eigenvalue weighted by molar-refractivity contribution is 7.88. The van der Waals surface area contributed by atoms with Crippen molar-refractivity contribution in [2.45, 2.75) is 44.7 Å². The van der Waals surface area contributed by atoms with Crippen LogP contribution in [0.5, 0.6) is 0 Å². The van der Waals surface area contributed by atoms with Crippen molar-refractivity contribution in [2.75, 3.05) is 37.9 Å². The van der Waals surface area contributed by atoms with Crippen molar-refractivity contribution in [3.05, 3.63) is 29.8 Å². The summed E-state index contributed by atoms with van der Waals surface area (Å²) in [5, 5.41) is 2.68. The number of likely N-dealkylation sites (tertiary alicyclic amines) is 1. The van der Waals surface area contributed by atoms with Gasteiger partial charge in [0.05, 0.1) is 6.26 Å². The number of carbonyl (C=O) groups excluding carboxylic acids is 2. The van der Waals surface area contributed by atoms with Crippen molar-refractivity contribution in [1.29, 1.82) is 0 Å². The highest BCUT2D eigenvalue weighted by Gasteiger charge is 2.37. The average Bonchev–Trinajstić information content (AvgIpc) is 2.68. The van der Waals surface area contributed by atoms with E-state index in [2.05, 4.69) is 5.32 Å². The number of rotatable bonds is 5. The maximum Gasteiger partial charge on any atom is 0.253 e. The van der Waals surface area contributed by atoms with Gasteiger partial charge in [0.15, 0.2) is 0 Å². The molecule has 9 heteroatoms. The van der Waals surface area contributed by atoms with Crippen molar-refractivity contribution >= 4 is 27.5 Å². The molecule has 0 radical (unpaired) electrons. The van der Waals surface area contributed by atoms with Gasteiger partial charge >= 0.3 is 0 Å². The van der Waals surface area contributed by atoms with Gasteiger partial charge in [-0.1, -0.05) is 0 Å². The summed E-state index contributed by atoms with van der Waals surface area (Å²) in [6, 6.07) is 6.47. The third kappa shape index (κ3) is 5.55. The van der Waals surface area contributed by atoms with Crippen LogP contribution >= 0.6 is 0 Å². The van der Waals surface area contributed by atoms with Gasteiger partial charge in [-0.2, -0.15) is 4.31 Å². The van der Waals surface area contributed by atoms with Crippen LogP contribution in [-0.4, -0.2) is 74.1 Å². The second kappa shape index (κ2) is 9.23. The molecule has 8 nitrogen and oxygen atoms in total. The molecule has 0 bridgehead atoms. The molecule has 2 saturated heterocycles. The normalized spacial score (nSPS) is 21.2. The number of nitrogens with one attached hydrogen (secondary N) is 1. The number of sulfonamides is 1. The molecule has 1 atom stereocenters. The lowest BCUT2D eigenvalue weighted by molar-refractivity contribution is -0.114. The Hall–Kier alpha value is -1.97. The lowest BCUT2D eigenvalue weighted by Gasteiger charge is -2.42. The molecule has 2 heterocycles. The van der Waals surface area contributed by atoms with Crippen LogP contribution in [0, 0.1) is 0 Å². The zero-order chi connectivity index (χ0) is 21.0. The van der Waals surface area contributed by atoms with Crippen molar-refractivity contribution in [3.63, 3.8) is 0 Å². The van der Waals surface area contributed by atoms with Crippen molar-refractivity contribution in [1.82, 2.24) is 9.21 Å². The number of benzene rings is 1. The maximum absolute atomic E-state index is 13.0. The largest absolute Gasteiger partial charge is 0.381 e. The molecule has 3 rings (SSSR count). The third-order valence-corrected chi connectivity index (χ3v) is 6.79. The highest BCUT2D eigenvalue weighted by Crippen LogP contribution is 2.26. The highest BCUT2D eigenvalue weighted by atomic mass is 32.2. The van der Waals surface area contributed by atoms with Crippen LogP contribution in [0.4, 0.5) is 5.69 Å². The zero-order valence-electron chi connectivity index (χ0n) is 17.0. The number of nitrogens with zero attached hydrogens (tertiary/aromatic N) is 2. The van der Waals surface area contributed by atoms with Crippen molar-refractivity contribution in [3.8, 4) is 0 Å². The smallest absolute Gasteiger partial charge is 0.253 e. The van der Waals surface area contributed by atoms with Crippen LogP contribution in [0.15, 0.2) is 24.3 Å². The van der Waals surface area contributed by atoms with Gasteiger partial charge in [-0.15, -0.1) is 0 Å². The topological polar surface area (TPSA) is 96.0 Å². The Morgan fingerprint density at radius 2 is 1.76 bits per heavy atom. The summed E-state index contributed by atoms with van der Waals surface area (Å²) in [5.74, 6) is -0.290. The molecular formula is C20H29N3O5S. The maximum atomic E-state index is 13.0. The van der Waals surface area contributed by atoms with E-state index in [0.717, 1.165) is 12.8 Å². The van der Waals surface area contributed by atoms with Crippen LogP contribution in [0.3, 0.4) is 0 Å². The van der Waals surface area contributed by atoms with Crippen LogP contribution in [0.25, 0.3) is 0 Å². The molecule has 2 aliphatic heterocycles. The molecule has 29 heavy (non-hydrogen) atoms. The first kappa shape index (κ1) is 21.7. The standard InChI is InChI=1S/C20H29N3O5S/c1-15(24)21-17-7-5-16(6-8-17)20(25)22-11-3-4-19(14-22)23(29(2,26)27)18-9-12-28-13-10-18/h5-8,18-19H,3-4,9-14H2,1-2H3,(H,21,24). The zero-order valence-corrected chi connectivity index (χ0v) is 17.8. The van der Waals surface area contributed by atoms with Gasteiger partial charge in [0.25, 0.3) is 5.91 Å². The van der Waals surface area contributed by atoms with E-state index in [4.69, 9.17) is 4.74 Å². The van der Waals surface area contributed by atoms with Gasteiger partial charge in [0.1, 0.15) is 0 Å². The minimum Gasteiger partial charge on any atom is -0.381 e. The summed E-state index contributed by atoms with van der Waals surface area (Å²) < 4.78 is 32.1. The van der Waals surface area contributed by atoms with Crippen LogP contribution in [0.2, 0.25) is 0 Å². The first-order chi connectivity index (χ1) is 13.8. The fourth-order valence-electron chi connectivity index (χ4n) is 4.21. The number of piperidine rings is 1. The van der Waals surface area contributed by atoms with Gasteiger partial charge < -0.3 is 15.0 Å². The molecule has 2 fully saturated rings. The number of carbonyl (C=O) groups is 2. The molecule has 1 aromatic carbocycles. The molecule has 0 aliphatic carbocycles. The summed E-state index contributed by atoms with van der Waals surface area (Å²) in [7, 11) is -3.40. The number of amides is 2. The van der Waals surface area contributed by atoms with Gasteiger partial charge in [0, 0.05) is 56.6 Å². The Kier molecular flexibility index (Phi) is 6.92. The number of anilines is 1. The molecule has 1 unspecified atom stereocenters. The second-order valence-electron chi connectivity index (χ2n) is 7.74. The SMILES string of the molecule is CC(=O)Nc1ccc(C(=O)N2CCCC(N(C3CCOCC3)S(C)(=O)=O)C2)cc1. The van der Waals surface area contributed by atoms with E-state index in [9.17, 15) is 18.0 Å². The number of hydrogen-bond acceptors (Lipinski definition) is 5. The van der Waals surface area contributed by atoms with Crippen LogP contribution in [-0.2, 0) is 19.6 Å². The Morgan fingerprint density at radius 3 is 2.34 bits per heavy atom. The molecule has 0 saturated carbocycles. The van der Waals surface area contributed by atoms with Gasteiger partial charge in [0.2, 0.25) is 15.9 Å². The fourth-order valence-corrected chi connectivity index (χ4v) is 5.67. The van der Waals surface area contributed by atoms with Gasteiger partial charge in [-0.25, -0.2) is 8.42 Å². The summed E-state index contributed by atoms with van der Waals surface area (Å²) in [4.78, 5) is 25.9. The Balaban J connectivity index is 1.73. The van der Waals surface area contributed by atoms with E-state index in [0.29, 0.717) is 50.4 Å². The Labute approximate surface area is 172 Å². The molecule has 0 spiro atoms. The summed E-state index contributed by atoms with van der Waals surface area (Å²) in [6.07, 6.45) is 4.12. The van der Waals surface area contributed by atoms with Crippen molar-refractivity contribution in [2.24, 2.45) is 0 Å². The lowest BCUT2D eigenvalue weighted by Crippen LogP contribution is -2.55. The quantitative estimate of drug-likeness (QED) is 0.778. The third-order valence-electron chi connectivity index (χ3n) is 5.43. The fraction of sp³-hybridized carbons (Fsp3) is 0.600. The number of hydrogen-bond donors (Lipinski definition) is 1. The molecular weight excluding hydrogens is 394 g/mol. The number of ether oxygens (including phenoxy) is 1. The summed E-state index contributed by atoms with van der Waals surface area (Å²) >= 11 is 0. The second-order valence-corrected chi connectivity index (χ2v) is 9.63. The molecule has 2 aliphatic rings. The summed E-state index contributed by atoms with van der Waals surface area (Å²) in [6.45, 7) is 3.54. The van der Waals surface area contributed by atoms with E-state index in [1.807, 2.05) is 0 Å². The van der Waals surface area contributed by atoms with E-state index in [-0.39, 0.29) is 23.9 Å². The Bertz CT molecular complexity index is 834. The van der Waals surface area contributed by atoms with Gasteiger partial charge in [-0.05, 0) is 49.9 Å². The predicted octanol–water partition coefficient (Wildman–Crippen LogP) is 1.69. The molecule has 0 aromatic heterocycles. The predicted molar refractivity (Wildman–Crippen MR) is 110 cm³/mol.